The summed E-state index contributed by atoms with van der Waals surface area (Å²) >= 11 is 0. The van der Waals surface area contributed by atoms with Crippen LogP contribution in [0.2, 0.25) is 0 Å². The van der Waals surface area contributed by atoms with Crippen LogP contribution in [0.4, 0.5) is 0 Å². The van der Waals surface area contributed by atoms with Crippen LogP contribution in [0, 0.1) is 0 Å². The molecule has 0 aromatic heterocycles. The highest BCUT2D eigenvalue weighted by Gasteiger charge is 2.04. The number of hydrogen-bond donors (Lipinski definition) is 1. The minimum Gasteiger partial charge on any atom is -0.497 e. The van der Waals surface area contributed by atoms with Crippen molar-refractivity contribution in [2.75, 3.05) is 41.4 Å². The van der Waals surface area contributed by atoms with E-state index in [1.807, 2.05) is 18.2 Å². The van der Waals surface area contributed by atoms with Gasteiger partial charge in [-0.2, -0.15) is 0 Å². The van der Waals surface area contributed by atoms with Gasteiger partial charge in [-0.1, -0.05) is 0 Å². The van der Waals surface area contributed by atoms with Crippen molar-refractivity contribution in [2.24, 2.45) is 0 Å². The highest BCUT2D eigenvalue weighted by atomic mass is 16.5. The number of rotatable bonds is 9. The summed E-state index contributed by atoms with van der Waals surface area (Å²) < 4.78 is 10.6. The summed E-state index contributed by atoms with van der Waals surface area (Å²) in [4.78, 5) is 2.21. The largest absolute Gasteiger partial charge is 0.497 e. The molecule has 0 aliphatic carbocycles. The predicted molar refractivity (Wildman–Crippen MR) is 79.0 cm³/mol. The van der Waals surface area contributed by atoms with Crippen molar-refractivity contribution in [3.63, 3.8) is 0 Å². The molecule has 4 heteroatoms. The van der Waals surface area contributed by atoms with Gasteiger partial charge in [0.25, 0.3) is 0 Å². The van der Waals surface area contributed by atoms with E-state index in [2.05, 4.69) is 24.3 Å². The standard InChI is InChI=1S/C15H26N2O2/c1-17(2)10-6-5-9-16-12-13-11-14(18-3)7-8-15(13)19-4/h7-8,11,16H,5-6,9-10,12H2,1-4H3. The van der Waals surface area contributed by atoms with Crippen LogP contribution < -0.4 is 14.8 Å². The molecule has 0 heterocycles. The first kappa shape index (κ1) is 15.8. The van der Waals surface area contributed by atoms with Gasteiger partial charge in [-0.25, -0.2) is 0 Å². The van der Waals surface area contributed by atoms with Crippen molar-refractivity contribution < 1.29 is 9.47 Å². The molecule has 1 rings (SSSR count). The Hall–Kier alpha value is -1.26. The van der Waals surface area contributed by atoms with Gasteiger partial charge in [0.1, 0.15) is 11.5 Å². The zero-order chi connectivity index (χ0) is 14.1. The Balaban J connectivity index is 2.35. The summed E-state index contributed by atoms with van der Waals surface area (Å²) in [5, 5.41) is 3.45. The molecule has 0 amide bonds. The molecule has 0 bridgehead atoms. The summed E-state index contributed by atoms with van der Waals surface area (Å²) in [6.07, 6.45) is 2.40. The summed E-state index contributed by atoms with van der Waals surface area (Å²) in [6, 6.07) is 5.88. The molecule has 0 saturated carbocycles. The van der Waals surface area contributed by atoms with Crippen LogP contribution in [-0.4, -0.2) is 46.3 Å². The highest BCUT2D eigenvalue weighted by molar-refractivity contribution is 5.40. The maximum absolute atomic E-state index is 5.35. The van der Waals surface area contributed by atoms with Gasteiger partial charge in [0.05, 0.1) is 14.2 Å². The van der Waals surface area contributed by atoms with Crippen LogP contribution >= 0.6 is 0 Å². The Morgan fingerprint density at radius 1 is 1.11 bits per heavy atom. The van der Waals surface area contributed by atoms with Gasteiger partial charge in [0.15, 0.2) is 0 Å². The number of ether oxygens (including phenoxy) is 2. The summed E-state index contributed by atoms with van der Waals surface area (Å²) in [6.45, 7) is 2.97. The second kappa shape index (κ2) is 8.77. The minimum atomic E-state index is 0.808. The molecular formula is C15H26N2O2. The lowest BCUT2D eigenvalue weighted by molar-refractivity contribution is 0.388. The fourth-order valence-corrected chi connectivity index (χ4v) is 1.92. The second-order valence-corrected chi connectivity index (χ2v) is 4.86. The van der Waals surface area contributed by atoms with Gasteiger partial charge in [-0.15, -0.1) is 0 Å². The first-order valence-corrected chi connectivity index (χ1v) is 6.73. The maximum Gasteiger partial charge on any atom is 0.123 e. The van der Waals surface area contributed by atoms with Crippen LogP contribution in [0.25, 0.3) is 0 Å². The molecule has 0 aliphatic rings. The summed E-state index contributed by atoms with van der Waals surface area (Å²) in [5.74, 6) is 1.77. The lowest BCUT2D eigenvalue weighted by atomic mass is 10.2. The Bertz CT molecular complexity index is 367. The number of nitrogens with one attached hydrogen (secondary N) is 1. The van der Waals surface area contributed by atoms with E-state index < -0.39 is 0 Å². The molecule has 0 radical (unpaired) electrons. The molecule has 1 aromatic carbocycles. The van der Waals surface area contributed by atoms with Crippen molar-refractivity contribution in [1.29, 1.82) is 0 Å². The highest BCUT2D eigenvalue weighted by Crippen LogP contribution is 2.23. The predicted octanol–water partition coefficient (Wildman–Crippen LogP) is 2.14. The third kappa shape index (κ3) is 5.94. The molecule has 0 aliphatic heterocycles. The number of methoxy groups -OCH3 is 2. The average Bonchev–Trinajstić information content (AvgIpc) is 2.42. The van der Waals surface area contributed by atoms with E-state index in [1.165, 1.54) is 12.8 Å². The molecule has 19 heavy (non-hydrogen) atoms. The number of benzene rings is 1. The van der Waals surface area contributed by atoms with Gasteiger partial charge < -0.3 is 19.7 Å². The van der Waals surface area contributed by atoms with E-state index in [0.29, 0.717) is 0 Å². The minimum absolute atomic E-state index is 0.808. The van der Waals surface area contributed by atoms with E-state index in [4.69, 9.17) is 9.47 Å². The third-order valence-electron chi connectivity index (χ3n) is 3.01. The zero-order valence-corrected chi connectivity index (χ0v) is 12.5. The quantitative estimate of drug-likeness (QED) is 0.694. The molecule has 1 aromatic rings. The zero-order valence-electron chi connectivity index (χ0n) is 12.5. The average molecular weight is 266 g/mol. The molecule has 0 atom stereocenters. The molecule has 4 nitrogen and oxygen atoms in total. The van der Waals surface area contributed by atoms with Crippen molar-refractivity contribution in [1.82, 2.24) is 10.2 Å². The normalized spacial score (nSPS) is 10.8. The Morgan fingerprint density at radius 3 is 2.53 bits per heavy atom. The van der Waals surface area contributed by atoms with Crippen molar-refractivity contribution >= 4 is 0 Å². The van der Waals surface area contributed by atoms with Crippen molar-refractivity contribution in [3.8, 4) is 11.5 Å². The second-order valence-electron chi connectivity index (χ2n) is 4.86. The van der Waals surface area contributed by atoms with Crippen LogP contribution in [-0.2, 0) is 6.54 Å². The third-order valence-corrected chi connectivity index (χ3v) is 3.01. The molecule has 0 unspecified atom stereocenters. The number of nitrogens with zero attached hydrogens (tertiary/aromatic N) is 1. The fourth-order valence-electron chi connectivity index (χ4n) is 1.92. The Labute approximate surface area is 116 Å². The SMILES string of the molecule is COc1ccc(OC)c(CNCCCCN(C)C)c1. The van der Waals surface area contributed by atoms with E-state index in [0.717, 1.165) is 36.7 Å². The molecule has 1 N–H and O–H groups in total. The molecule has 0 spiro atoms. The summed E-state index contributed by atoms with van der Waals surface area (Å²) in [7, 11) is 7.59. The fraction of sp³-hybridized carbons (Fsp3) is 0.600. The molecule has 0 fully saturated rings. The first-order chi connectivity index (χ1) is 9.17. The van der Waals surface area contributed by atoms with Gasteiger partial charge in [-0.05, 0) is 58.2 Å². The van der Waals surface area contributed by atoms with Crippen LogP contribution in [0.3, 0.4) is 0 Å². The van der Waals surface area contributed by atoms with Crippen molar-refractivity contribution in [3.05, 3.63) is 23.8 Å². The lowest BCUT2D eigenvalue weighted by Gasteiger charge is -2.12. The smallest absolute Gasteiger partial charge is 0.123 e. The van der Waals surface area contributed by atoms with Crippen LogP contribution in [0.1, 0.15) is 18.4 Å². The molecule has 108 valence electrons. The van der Waals surface area contributed by atoms with E-state index in [1.54, 1.807) is 14.2 Å². The van der Waals surface area contributed by atoms with Gasteiger partial charge >= 0.3 is 0 Å². The topological polar surface area (TPSA) is 33.7 Å². The Kier molecular flexibility index (Phi) is 7.30. The maximum atomic E-state index is 5.35. The van der Waals surface area contributed by atoms with Gasteiger partial charge in [0.2, 0.25) is 0 Å². The first-order valence-electron chi connectivity index (χ1n) is 6.73. The monoisotopic (exact) mass is 266 g/mol. The van der Waals surface area contributed by atoms with Crippen LogP contribution in [0.15, 0.2) is 18.2 Å². The molecular weight excluding hydrogens is 240 g/mol. The summed E-state index contributed by atoms with van der Waals surface area (Å²) in [5.41, 5.74) is 1.13. The number of unbranched alkanes of at least 4 members (excludes halogenated alkanes) is 1. The molecule has 0 saturated heterocycles. The van der Waals surface area contributed by atoms with E-state index in [9.17, 15) is 0 Å². The van der Waals surface area contributed by atoms with E-state index >= 15 is 0 Å². The Morgan fingerprint density at radius 2 is 1.89 bits per heavy atom. The number of hydrogen-bond acceptors (Lipinski definition) is 4. The van der Waals surface area contributed by atoms with Crippen molar-refractivity contribution in [2.45, 2.75) is 19.4 Å². The van der Waals surface area contributed by atoms with Gasteiger partial charge in [-0.3, -0.25) is 0 Å². The van der Waals surface area contributed by atoms with Crippen LogP contribution in [0.5, 0.6) is 11.5 Å². The lowest BCUT2D eigenvalue weighted by Crippen LogP contribution is -2.18. The van der Waals surface area contributed by atoms with Gasteiger partial charge in [0, 0.05) is 12.1 Å². The van der Waals surface area contributed by atoms with E-state index in [-0.39, 0.29) is 0 Å².